The lowest BCUT2D eigenvalue weighted by Crippen LogP contribution is -2.54. The molecule has 2 fully saturated rings. The summed E-state index contributed by atoms with van der Waals surface area (Å²) in [6.07, 6.45) is 5.80. The third-order valence-electron chi connectivity index (χ3n) is 4.39. The second-order valence-electron chi connectivity index (χ2n) is 6.44. The molecule has 2 nitrogen and oxygen atoms in total. The van der Waals surface area contributed by atoms with Gasteiger partial charge < -0.3 is 10.4 Å². The van der Waals surface area contributed by atoms with Crippen LogP contribution in [0.15, 0.2) is 0 Å². The molecule has 0 radical (unpaired) electrons. The molecule has 3 atom stereocenters. The van der Waals surface area contributed by atoms with Gasteiger partial charge in [-0.2, -0.15) is 0 Å². The first kappa shape index (κ1) is 11.4. The number of nitrogens with one attached hydrogen (secondary N) is 1. The minimum atomic E-state index is -0.454. The van der Waals surface area contributed by atoms with Crippen LogP contribution >= 0.6 is 0 Å². The summed E-state index contributed by atoms with van der Waals surface area (Å²) >= 11 is 0. The molecule has 0 spiro atoms. The van der Waals surface area contributed by atoms with E-state index in [0.29, 0.717) is 17.4 Å². The first-order chi connectivity index (χ1) is 6.94. The van der Waals surface area contributed by atoms with Crippen LogP contribution in [-0.2, 0) is 0 Å². The lowest BCUT2D eigenvalue weighted by Gasteiger charge is -2.40. The fraction of sp³-hybridized carbons (Fsp3) is 1.00. The van der Waals surface area contributed by atoms with Gasteiger partial charge in [-0.3, -0.25) is 0 Å². The zero-order chi connectivity index (χ0) is 11.1. The van der Waals surface area contributed by atoms with E-state index in [1.54, 1.807) is 0 Å². The minimum absolute atomic E-state index is 0.313. The maximum atomic E-state index is 10.9. The van der Waals surface area contributed by atoms with Crippen molar-refractivity contribution >= 4 is 0 Å². The van der Waals surface area contributed by atoms with Crippen molar-refractivity contribution in [2.75, 3.05) is 6.54 Å². The summed E-state index contributed by atoms with van der Waals surface area (Å²) in [5.74, 6) is 0.433. The highest BCUT2D eigenvalue weighted by molar-refractivity contribution is 5.05. The van der Waals surface area contributed by atoms with Crippen LogP contribution < -0.4 is 5.32 Å². The van der Waals surface area contributed by atoms with E-state index < -0.39 is 5.60 Å². The smallest absolute Gasteiger partial charge is 0.0830 e. The van der Waals surface area contributed by atoms with Gasteiger partial charge in [0.1, 0.15) is 0 Å². The van der Waals surface area contributed by atoms with E-state index >= 15 is 0 Å². The Labute approximate surface area is 93.5 Å². The highest BCUT2D eigenvalue weighted by Gasteiger charge is 2.51. The Balaban J connectivity index is 2.11. The molecule has 2 N–H and O–H groups in total. The van der Waals surface area contributed by atoms with Crippen LogP contribution in [0.2, 0.25) is 0 Å². The van der Waals surface area contributed by atoms with Crippen molar-refractivity contribution in [1.82, 2.24) is 5.32 Å². The minimum Gasteiger partial charge on any atom is -0.388 e. The first-order valence-corrected chi connectivity index (χ1v) is 6.40. The van der Waals surface area contributed by atoms with Crippen molar-refractivity contribution in [2.24, 2.45) is 11.3 Å². The summed E-state index contributed by atoms with van der Waals surface area (Å²) in [7, 11) is 0. The van der Waals surface area contributed by atoms with Gasteiger partial charge in [0.2, 0.25) is 0 Å². The zero-order valence-electron chi connectivity index (χ0n) is 10.3. The van der Waals surface area contributed by atoms with Crippen molar-refractivity contribution in [1.29, 1.82) is 0 Å². The predicted molar refractivity (Wildman–Crippen MR) is 62.8 cm³/mol. The third kappa shape index (κ3) is 2.07. The SMILES string of the molecule is CC1CC(C)(C)CC1(O)C1CCCCN1. The summed E-state index contributed by atoms with van der Waals surface area (Å²) in [4.78, 5) is 0. The van der Waals surface area contributed by atoms with E-state index in [9.17, 15) is 5.11 Å². The summed E-state index contributed by atoms with van der Waals surface area (Å²) in [5.41, 5.74) is -0.142. The molecule has 0 aromatic heterocycles. The standard InChI is InChI=1S/C13H25NO/c1-10-8-12(2,3)9-13(10,15)11-6-4-5-7-14-11/h10-11,14-15H,4-9H2,1-3H3. The van der Waals surface area contributed by atoms with Gasteiger partial charge in [0.15, 0.2) is 0 Å². The summed E-state index contributed by atoms with van der Waals surface area (Å²) in [6.45, 7) is 7.86. The molecule has 1 saturated heterocycles. The number of piperidine rings is 1. The summed E-state index contributed by atoms with van der Waals surface area (Å²) < 4.78 is 0. The molecule has 2 heteroatoms. The summed E-state index contributed by atoms with van der Waals surface area (Å²) in [5, 5.41) is 14.4. The van der Waals surface area contributed by atoms with Gasteiger partial charge in [-0.15, -0.1) is 0 Å². The van der Waals surface area contributed by atoms with Crippen molar-refractivity contribution in [3.63, 3.8) is 0 Å². The van der Waals surface area contributed by atoms with E-state index in [-0.39, 0.29) is 0 Å². The topological polar surface area (TPSA) is 32.3 Å². The van der Waals surface area contributed by atoms with Gasteiger partial charge in [0.25, 0.3) is 0 Å². The molecule has 0 aromatic carbocycles. The Morgan fingerprint density at radius 2 is 2.00 bits per heavy atom. The Morgan fingerprint density at radius 3 is 2.47 bits per heavy atom. The van der Waals surface area contributed by atoms with E-state index in [1.807, 2.05) is 0 Å². The van der Waals surface area contributed by atoms with Crippen molar-refractivity contribution in [2.45, 2.75) is 64.5 Å². The lowest BCUT2D eigenvalue weighted by molar-refractivity contribution is -0.0386. The molecule has 0 aromatic rings. The quantitative estimate of drug-likeness (QED) is 0.697. The van der Waals surface area contributed by atoms with E-state index in [1.165, 1.54) is 12.8 Å². The largest absolute Gasteiger partial charge is 0.388 e. The Hall–Kier alpha value is -0.0800. The number of rotatable bonds is 1. The van der Waals surface area contributed by atoms with Crippen molar-refractivity contribution < 1.29 is 5.11 Å². The molecule has 0 bridgehead atoms. The van der Waals surface area contributed by atoms with Crippen LogP contribution in [0.5, 0.6) is 0 Å². The normalized spacial score (nSPS) is 45.6. The Kier molecular flexibility index (Phi) is 2.85. The Bertz CT molecular complexity index is 233. The van der Waals surface area contributed by atoms with Crippen molar-refractivity contribution in [3.05, 3.63) is 0 Å². The Morgan fingerprint density at radius 1 is 1.27 bits per heavy atom. The molecular weight excluding hydrogens is 186 g/mol. The monoisotopic (exact) mass is 211 g/mol. The van der Waals surface area contributed by atoms with Crippen LogP contribution in [0, 0.1) is 11.3 Å². The molecule has 1 heterocycles. The van der Waals surface area contributed by atoms with Crippen LogP contribution in [-0.4, -0.2) is 23.3 Å². The first-order valence-electron chi connectivity index (χ1n) is 6.40. The highest BCUT2D eigenvalue weighted by atomic mass is 16.3. The van der Waals surface area contributed by atoms with Gasteiger partial charge in [0.05, 0.1) is 5.60 Å². The molecule has 0 amide bonds. The summed E-state index contributed by atoms with van der Waals surface area (Å²) in [6, 6.07) is 0.336. The molecule has 1 saturated carbocycles. The van der Waals surface area contributed by atoms with Gasteiger partial charge >= 0.3 is 0 Å². The molecule has 1 aliphatic carbocycles. The second-order valence-corrected chi connectivity index (χ2v) is 6.44. The van der Waals surface area contributed by atoms with Crippen LogP contribution in [0.4, 0.5) is 0 Å². The lowest BCUT2D eigenvalue weighted by atomic mass is 9.80. The fourth-order valence-electron chi connectivity index (χ4n) is 3.76. The molecule has 1 aliphatic heterocycles. The number of aliphatic hydroxyl groups is 1. The van der Waals surface area contributed by atoms with Crippen LogP contribution in [0.3, 0.4) is 0 Å². The van der Waals surface area contributed by atoms with E-state index in [2.05, 4.69) is 26.1 Å². The molecule has 15 heavy (non-hydrogen) atoms. The highest BCUT2D eigenvalue weighted by Crippen LogP contribution is 2.49. The number of hydrogen-bond donors (Lipinski definition) is 2. The van der Waals surface area contributed by atoms with Crippen LogP contribution in [0.25, 0.3) is 0 Å². The molecule has 3 unspecified atom stereocenters. The van der Waals surface area contributed by atoms with Gasteiger partial charge in [0, 0.05) is 6.04 Å². The third-order valence-corrected chi connectivity index (χ3v) is 4.39. The van der Waals surface area contributed by atoms with Crippen molar-refractivity contribution in [3.8, 4) is 0 Å². The van der Waals surface area contributed by atoms with Crippen LogP contribution in [0.1, 0.15) is 52.9 Å². The molecular formula is C13H25NO. The second kappa shape index (κ2) is 3.74. The molecule has 2 aliphatic rings. The van der Waals surface area contributed by atoms with Gasteiger partial charge in [-0.1, -0.05) is 27.2 Å². The number of hydrogen-bond acceptors (Lipinski definition) is 2. The molecule has 2 rings (SSSR count). The maximum Gasteiger partial charge on any atom is 0.0830 e. The average Bonchev–Trinajstić information content (AvgIpc) is 2.38. The molecule has 88 valence electrons. The van der Waals surface area contributed by atoms with E-state index in [0.717, 1.165) is 25.8 Å². The fourth-order valence-corrected chi connectivity index (χ4v) is 3.76. The average molecular weight is 211 g/mol. The van der Waals surface area contributed by atoms with E-state index in [4.69, 9.17) is 0 Å². The zero-order valence-corrected chi connectivity index (χ0v) is 10.3. The maximum absolute atomic E-state index is 10.9. The van der Waals surface area contributed by atoms with Gasteiger partial charge in [-0.05, 0) is 43.6 Å². The predicted octanol–water partition coefficient (Wildman–Crippen LogP) is 2.32. The van der Waals surface area contributed by atoms with Gasteiger partial charge in [-0.25, -0.2) is 0 Å².